The van der Waals surface area contributed by atoms with E-state index in [-0.39, 0.29) is 0 Å². The summed E-state index contributed by atoms with van der Waals surface area (Å²) < 4.78 is 12.2. The van der Waals surface area contributed by atoms with E-state index in [0.717, 1.165) is 85.2 Å². The van der Waals surface area contributed by atoms with Gasteiger partial charge in [-0.3, -0.25) is 0 Å². The Balaban J connectivity index is 0.000000597. The van der Waals surface area contributed by atoms with Gasteiger partial charge in [0.1, 0.15) is 16.9 Å². The van der Waals surface area contributed by atoms with Gasteiger partial charge >= 0.3 is 0 Å². The molecule has 1 aromatic heterocycles. The molecule has 9 rings (SSSR count). The Bertz CT molecular complexity index is 2980. The molecule has 0 bridgehead atoms. The largest absolute Gasteiger partial charge is 0.469 e. The zero-order valence-electron chi connectivity index (χ0n) is 36.7. The van der Waals surface area contributed by atoms with Crippen LogP contribution in [0.15, 0.2) is 234 Å². The maximum Gasteiger partial charge on any atom is 0.135 e. The Morgan fingerprint density at radius 3 is 1.92 bits per heavy atom. The molecule has 0 saturated carbocycles. The molecule has 2 heterocycles. The minimum absolute atomic E-state index is 0.809. The Morgan fingerprint density at radius 2 is 1.17 bits per heavy atom. The zero-order valence-corrected chi connectivity index (χ0v) is 36.7. The van der Waals surface area contributed by atoms with Gasteiger partial charge < -0.3 is 14.9 Å². The highest BCUT2D eigenvalue weighted by molar-refractivity contribution is 6.06. The van der Waals surface area contributed by atoms with Crippen molar-refractivity contribution in [3.8, 4) is 33.4 Å². The number of ether oxygens (including phenoxy) is 1. The van der Waals surface area contributed by atoms with Crippen molar-refractivity contribution in [2.24, 2.45) is 0 Å². The maximum absolute atomic E-state index is 6.16. The van der Waals surface area contributed by atoms with E-state index in [0.29, 0.717) is 0 Å². The molecule has 2 N–H and O–H groups in total. The van der Waals surface area contributed by atoms with Gasteiger partial charge in [0.15, 0.2) is 0 Å². The van der Waals surface area contributed by atoms with Crippen molar-refractivity contribution in [3.05, 3.63) is 247 Å². The number of nitrogens with two attached hydrogens (primary N) is 1. The molecule has 0 unspecified atom stereocenters. The first-order chi connectivity index (χ1) is 30.9. The normalized spacial score (nSPS) is 15.1. The molecule has 0 fully saturated rings. The second-order valence-electron chi connectivity index (χ2n) is 15.1. The SMILES string of the molecule is C=C1/C=C(c2cc(/C=C\Cc3cccc(-c4cccc(-c5ccccc5)c4)c3)cc(-c3ccc4oc5ccccc5c4c3)c2)\C=C/O/C(C)=C1/C=C\CC.CC.Nc1ccccc1. The molecule has 312 valence electrons. The van der Waals surface area contributed by atoms with Crippen LogP contribution in [-0.4, -0.2) is 0 Å². The van der Waals surface area contributed by atoms with Crippen molar-refractivity contribution in [3.63, 3.8) is 0 Å². The lowest BCUT2D eigenvalue weighted by Crippen LogP contribution is -1.95. The van der Waals surface area contributed by atoms with E-state index in [9.17, 15) is 0 Å². The maximum atomic E-state index is 6.16. The number of benzene rings is 7. The predicted octanol–water partition coefficient (Wildman–Crippen LogP) is 16.9. The standard InChI is InChI=1S/C52H42O2.C6H7N.C2H6/c1-4-5-22-48-36(2)29-45(27-28-53-37(48)3)47-32-39(31-46(34-47)44-25-26-52-50(35-44)49-23-9-10-24-51(49)54-52)16-11-14-38-15-12-19-41(30-38)43-21-13-20-42(33-43)40-17-7-6-8-18-40;7-6-4-2-1-3-5-6;1-2/h5-13,15-35H,2,4,14H2,1,3H3;1-5H,7H2;1-2H3/b16-11-,22-5-,28-27-,45-29+,48-37-;;. The smallest absolute Gasteiger partial charge is 0.135 e. The molecule has 0 radical (unpaired) electrons. The molecular formula is C60H55NO2. The van der Waals surface area contributed by atoms with Crippen molar-refractivity contribution < 1.29 is 9.15 Å². The molecule has 0 aliphatic carbocycles. The van der Waals surface area contributed by atoms with Gasteiger partial charge in [-0.15, -0.1) is 0 Å². The molecule has 7 aromatic carbocycles. The van der Waals surface area contributed by atoms with Gasteiger partial charge in [0.2, 0.25) is 0 Å². The van der Waals surface area contributed by atoms with Gasteiger partial charge in [-0.05, 0) is 148 Å². The number of hydrogen-bond acceptors (Lipinski definition) is 3. The van der Waals surface area contributed by atoms with Crippen LogP contribution in [0.5, 0.6) is 0 Å². The number of nitrogen functional groups attached to an aromatic ring is 1. The average Bonchev–Trinajstić information content (AvgIpc) is 3.70. The highest BCUT2D eigenvalue weighted by Crippen LogP contribution is 2.35. The molecule has 8 aromatic rings. The van der Waals surface area contributed by atoms with E-state index in [1.54, 1.807) is 6.26 Å². The molecule has 63 heavy (non-hydrogen) atoms. The molecule has 1 aliphatic heterocycles. The Hall–Kier alpha value is -7.62. The first kappa shape index (κ1) is 43.5. The number of rotatable bonds is 9. The third-order valence-corrected chi connectivity index (χ3v) is 10.8. The van der Waals surface area contributed by atoms with Crippen LogP contribution < -0.4 is 5.73 Å². The van der Waals surface area contributed by atoms with Gasteiger partial charge in [0.05, 0.1) is 6.26 Å². The van der Waals surface area contributed by atoms with Crippen LogP contribution >= 0.6 is 0 Å². The van der Waals surface area contributed by atoms with E-state index in [2.05, 4.69) is 171 Å². The van der Waals surface area contributed by atoms with Gasteiger partial charge in [-0.25, -0.2) is 0 Å². The fraction of sp³-hybridized carbons (Fsp3) is 0.100. The lowest BCUT2D eigenvalue weighted by atomic mass is 9.92. The first-order valence-corrected chi connectivity index (χ1v) is 21.8. The summed E-state index contributed by atoms with van der Waals surface area (Å²) in [5, 5.41) is 2.23. The first-order valence-electron chi connectivity index (χ1n) is 21.8. The van der Waals surface area contributed by atoms with Gasteiger partial charge in [-0.1, -0.05) is 167 Å². The van der Waals surface area contributed by atoms with Crippen molar-refractivity contribution in [1.82, 2.24) is 0 Å². The summed E-state index contributed by atoms with van der Waals surface area (Å²) in [5.41, 5.74) is 21.5. The fourth-order valence-electron chi connectivity index (χ4n) is 7.61. The third kappa shape index (κ3) is 11.0. The topological polar surface area (TPSA) is 48.4 Å². The van der Waals surface area contributed by atoms with E-state index in [1.165, 1.54) is 27.8 Å². The molecule has 3 heteroatoms. The number of hydrogen-bond donors (Lipinski definition) is 1. The van der Waals surface area contributed by atoms with Crippen LogP contribution in [0, 0.1) is 0 Å². The molecule has 0 atom stereocenters. The van der Waals surface area contributed by atoms with Crippen LogP contribution in [0.1, 0.15) is 50.8 Å². The monoisotopic (exact) mass is 821 g/mol. The summed E-state index contributed by atoms with van der Waals surface area (Å²) in [6.07, 6.45) is 16.5. The number of allylic oxidation sites excluding steroid dienone is 9. The summed E-state index contributed by atoms with van der Waals surface area (Å²) in [4.78, 5) is 0. The zero-order chi connectivity index (χ0) is 44.0. The van der Waals surface area contributed by atoms with Crippen LogP contribution in [-0.2, 0) is 11.2 Å². The Morgan fingerprint density at radius 1 is 0.556 bits per heavy atom. The highest BCUT2D eigenvalue weighted by atomic mass is 16.5. The molecule has 1 aliphatic rings. The van der Waals surface area contributed by atoms with Crippen LogP contribution in [0.4, 0.5) is 5.69 Å². The number of fused-ring (bicyclic) bond motifs is 3. The average molecular weight is 822 g/mol. The Labute approximate surface area is 373 Å². The number of para-hydroxylation sites is 2. The van der Waals surface area contributed by atoms with Gasteiger partial charge in [0.25, 0.3) is 0 Å². The van der Waals surface area contributed by atoms with Crippen molar-refractivity contribution in [2.45, 2.75) is 40.5 Å². The summed E-state index contributed by atoms with van der Waals surface area (Å²) >= 11 is 0. The summed E-state index contributed by atoms with van der Waals surface area (Å²) in [6, 6.07) is 59.2. The lowest BCUT2D eigenvalue weighted by molar-refractivity contribution is 0.350. The third-order valence-electron chi connectivity index (χ3n) is 10.8. The minimum atomic E-state index is 0.809. The fourth-order valence-corrected chi connectivity index (χ4v) is 7.61. The number of anilines is 1. The number of furan rings is 1. The summed E-state index contributed by atoms with van der Waals surface area (Å²) in [5.74, 6) is 0.835. The van der Waals surface area contributed by atoms with Crippen molar-refractivity contribution in [2.75, 3.05) is 5.73 Å². The molecule has 0 amide bonds. The van der Waals surface area contributed by atoms with E-state index < -0.39 is 0 Å². The van der Waals surface area contributed by atoms with E-state index >= 15 is 0 Å². The predicted molar refractivity (Wildman–Crippen MR) is 271 cm³/mol. The molecule has 0 saturated heterocycles. The summed E-state index contributed by atoms with van der Waals surface area (Å²) in [6.45, 7) is 12.6. The van der Waals surface area contributed by atoms with E-state index in [4.69, 9.17) is 14.9 Å². The van der Waals surface area contributed by atoms with Crippen molar-refractivity contribution in [1.29, 1.82) is 0 Å². The molecule has 0 spiro atoms. The van der Waals surface area contributed by atoms with Crippen LogP contribution in [0.2, 0.25) is 0 Å². The minimum Gasteiger partial charge on any atom is -0.469 e. The highest BCUT2D eigenvalue weighted by Gasteiger charge is 2.13. The second kappa shape index (κ2) is 21.3. The molecule has 3 nitrogen and oxygen atoms in total. The lowest BCUT2D eigenvalue weighted by Gasteiger charge is -2.15. The quantitative estimate of drug-likeness (QED) is 0.148. The van der Waals surface area contributed by atoms with Crippen molar-refractivity contribution >= 4 is 39.3 Å². The molecular weight excluding hydrogens is 767 g/mol. The summed E-state index contributed by atoms with van der Waals surface area (Å²) in [7, 11) is 0. The van der Waals surface area contributed by atoms with Crippen LogP contribution in [0.25, 0.3) is 67.0 Å². The Kier molecular flexibility index (Phi) is 14.7. The van der Waals surface area contributed by atoms with Gasteiger partial charge in [0, 0.05) is 22.0 Å². The van der Waals surface area contributed by atoms with Crippen LogP contribution in [0.3, 0.4) is 0 Å². The van der Waals surface area contributed by atoms with E-state index in [1.807, 2.05) is 69.3 Å². The second-order valence-corrected chi connectivity index (χ2v) is 15.1. The van der Waals surface area contributed by atoms with Gasteiger partial charge in [-0.2, -0.15) is 0 Å².